The van der Waals surface area contributed by atoms with Gasteiger partial charge in [0, 0.05) is 0 Å². The van der Waals surface area contributed by atoms with Crippen LogP contribution in [0.1, 0.15) is 39.0 Å². The van der Waals surface area contributed by atoms with Crippen LogP contribution >= 0.6 is 0 Å². The Labute approximate surface area is 190 Å². The molecule has 1 aromatic heterocycles. The standard InChI is InChI=1S/C26H21FN4O2/c1-16-6-4-7-18(12-16)25(32)19-10-11-22(27)23(14-19)29-26(33)24-13-17(2)30-31(24)21-9-5-8-20(15-21)28-3/h4-15,25,32H,1-2H3,(H,29,33). The number of rotatable bonds is 5. The van der Waals surface area contributed by atoms with E-state index in [1.165, 1.54) is 22.9 Å². The summed E-state index contributed by atoms with van der Waals surface area (Å²) in [5, 5.41) is 17.7. The largest absolute Gasteiger partial charge is 0.384 e. The number of aliphatic hydroxyl groups excluding tert-OH is 1. The molecule has 0 aliphatic carbocycles. The Balaban J connectivity index is 1.65. The van der Waals surface area contributed by atoms with Gasteiger partial charge >= 0.3 is 0 Å². The minimum Gasteiger partial charge on any atom is -0.384 e. The maximum absolute atomic E-state index is 14.6. The van der Waals surface area contributed by atoms with E-state index >= 15 is 0 Å². The number of aliphatic hydroxyl groups is 1. The van der Waals surface area contributed by atoms with Gasteiger partial charge in [-0.05, 0) is 55.3 Å². The number of carbonyl (C=O) groups excluding carboxylic acids is 1. The van der Waals surface area contributed by atoms with Crippen molar-refractivity contribution in [1.29, 1.82) is 0 Å². The van der Waals surface area contributed by atoms with Crippen molar-refractivity contribution in [2.75, 3.05) is 5.32 Å². The van der Waals surface area contributed by atoms with Crippen LogP contribution in [0, 0.1) is 26.2 Å². The van der Waals surface area contributed by atoms with Gasteiger partial charge < -0.3 is 10.4 Å². The van der Waals surface area contributed by atoms with Crippen molar-refractivity contribution in [2.45, 2.75) is 20.0 Å². The summed E-state index contributed by atoms with van der Waals surface area (Å²) in [4.78, 5) is 16.5. The van der Waals surface area contributed by atoms with E-state index in [4.69, 9.17) is 6.57 Å². The molecule has 164 valence electrons. The first-order valence-corrected chi connectivity index (χ1v) is 10.3. The predicted molar refractivity (Wildman–Crippen MR) is 124 cm³/mol. The second-order valence-corrected chi connectivity index (χ2v) is 7.72. The number of hydrogen-bond acceptors (Lipinski definition) is 3. The van der Waals surface area contributed by atoms with Gasteiger partial charge in [-0.3, -0.25) is 4.79 Å². The minimum absolute atomic E-state index is 0.0514. The highest BCUT2D eigenvalue weighted by atomic mass is 19.1. The SMILES string of the molecule is [C-]#[N+]c1cccc(-n2nc(C)cc2C(=O)Nc2cc(C(O)c3cccc(C)c3)ccc2F)c1. The van der Waals surface area contributed by atoms with Crippen molar-refractivity contribution in [2.24, 2.45) is 0 Å². The smallest absolute Gasteiger partial charge is 0.274 e. The maximum Gasteiger partial charge on any atom is 0.274 e. The summed E-state index contributed by atoms with van der Waals surface area (Å²) in [6.07, 6.45) is -0.967. The Bertz CT molecular complexity index is 1390. The number of aromatic nitrogens is 2. The van der Waals surface area contributed by atoms with Crippen LogP contribution in [0.4, 0.5) is 15.8 Å². The number of hydrogen-bond donors (Lipinski definition) is 2. The van der Waals surface area contributed by atoms with Gasteiger partial charge in [-0.1, -0.05) is 48.0 Å². The van der Waals surface area contributed by atoms with Crippen molar-refractivity contribution in [3.63, 3.8) is 0 Å². The third-order valence-electron chi connectivity index (χ3n) is 5.18. The van der Waals surface area contributed by atoms with E-state index in [1.807, 2.05) is 25.1 Å². The molecule has 1 unspecified atom stereocenters. The number of aryl methyl sites for hydroxylation is 2. The van der Waals surface area contributed by atoms with Gasteiger partial charge in [0.25, 0.3) is 5.91 Å². The zero-order valence-electron chi connectivity index (χ0n) is 18.1. The molecule has 3 aromatic carbocycles. The molecule has 6 nitrogen and oxygen atoms in total. The maximum atomic E-state index is 14.6. The molecule has 0 radical (unpaired) electrons. The molecule has 1 amide bonds. The molecule has 33 heavy (non-hydrogen) atoms. The highest BCUT2D eigenvalue weighted by molar-refractivity contribution is 6.03. The van der Waals surface area contributed by atoms with Gasteiger partial charge in [0.1, 0.15) is 17.6 Å². The molecule has 0 spiro atoms. The third kappa shape index (κ3) is 4.66. The Kier molecular flexibility index (Phi) is 6.03. The van der Waals surface area contributed by atoms with Crippen LogP contribution in [-0.2, 0) is 0 Å². The van der Waals surface area contributed by atoms with E-state index in [0.29, 0.717) is 28.2 Å². The van der Waals surface area contributed by atoms with Crippen LogP contribution in [0.3, 0.4) is 0 Å². The lowest BCUT2D eigenvalue weighted by Gasteiger charge is -2.15. The Hall–Kier alpha value is -4.28. The zero-order chi connectivity index (χ0) is 23.5. The van der Waals surface area contributed by atoms with Crippen molar-refractivity contribution in [1.82, 2.24) is 9.78 Å². The second-order valence-electron chi connectivity index (χ2n) is 7.72. The molecule has 0 saturated heterocycles. The van der Waals surface area contributed by atoms with E-state index in [1.54, 1.807) is 43.3 Å². The zero-order valence-corrected chi connectivity index (χ0v) is 18.1. The minimum atomic E-state index is -0.967. The molecule has 1 atom stereocenters. The first-order chi connectivity index (χ1) is 15.9. The lowest BCUT2D eigenvalue weighted by atomic mass is 9.99. The molecule has 0 bridgehead atoms. The summed E-state index contributed by atoms with van der Waals surface area (Å²) < 4.78 is 16.0. The molecule has 2 N–H and O–H groups in total. The van der Waals surface area contributed by atoms with E-state index in [0.717, 1.165) is 5.56 Å². The normalized spacial score (nSPS) is 11.6. The highest BCUT2D eigenvalue weighted by Crippen LogP contribution is 2.27. The Morgan fingerprint density at radius 2 is 1.82 bits per heavy atom. The molecule has 0 aliphatic heterocycles. The van der Waals surface area contributed by atoms with Crippen LogP contribution in [0.5, 0.6) is 0 Å². The number of nitrogens with zero attached hydrogens (tertiary/aromatic N) is 3. The van der Waals surface area contributed by atoms with Crippen molar-refractivity contribution >= 4 is 17.3 Å². The third-order valence-corrected chi connectivity index (χ3v) is 5.18. The fourth-order valence-corrected chi connectivity index (χ4v) is 3.58. The molecule has 0 fully saturated rings. The van der Waals surface area contributed by atoms with E-state index < -0.39 is 17.8 Å². The van der Waals surface area contributed by atoms with Gasteiger partial charge in [-0.25, -0.2) is 13.9 Å². The molecule has 4 rings (SSSR count). The lowest BCUT2D eigenvalue weighted by Crippen LogP contribution is -2.18. The van der Waals surface area contributed by atoms with Gasteiger partial charge in [0.2, 0.25) is 0 Å². The topological polar surface area (TPSA) is 71.5 Å². The monoisotopic (exact) mass is 440 g/mol. The number of nitrogens with one attached hydrogen (secondary N) is 1. The summed E-state index contributed by atoms with van der Waals surface area (Å²) in [5.74, 6) is -1.19. The summed E-state index contributed by atoms with van der Waals surface area (Å²) in [5.41, 5.74) is 3.81. The summed E-state index contributed by atoms with van der Waals surface area (Å²) >= 11 is 0. The number of amides is 1. The van der Waals surface area contributed by atoms with Crippen molar-refractivity contribution in [3.8, 4) is 5.69 Å². The van der Waals surface area contributed by atoms with Gasteiger partial charge in [0.15, 0.2) is 5.69 Å². The molecule has 7 heteroatoms. The second kappa shape index (κ2) is 9.07. The van der Waals surface area contributed by atoms with Crippen LogP contribution in [0.25, 0.3) is 10.5 Å². The van der Waals surface area contributed by atoms with Crippen LogP contribution in [0.15, 0.2) is 72.8 Å². The highest BCUT2D eigenvalue weighted by Gasteiger charge is 2.19. The molecule has 0 saturated carbocycles. The van der Waals surface area contributed by atoms with Gasteiger partial charge in [-0.2, -0.15) is 5.10 Å². The first-order valence-electron chi connectivity index (χ1n) is 10.3. The quantitative estimate of drug-likeness (QED) is 0.402. The molecule has 4 aromatic rings. The molecular formula is C26H21FN4O2. The van der Waals surface area contributed by atoms with E-state index in [2.05, 4.69) is 15.3 Å². The number of anilines is 1. The predicted octanol–water partition coefficient (Wildman–Crippen LogP) is 5.51. The van der Waals surface area contributed by atoms with Crippen molar-refractivity contribution in [3.05, 3.63) is 118 Å². The molecular weight excluding hydrogens is 419 g/mol. The average Bonchev–Trinajstić information content (AvgIpc) is 3.22. The fourth-order valence-electron chi connectivity index (χ4n) is 3.58. The van der Waals surface area contributed by atoms with Crippen LogP contribution in [-0.4, -0.2) is 20.8 Å². The summed E-state index contributed by atoms with van der Waals surface area (Å²) in [7, 11) is 0. The van der Waals surface area contributed by atoms with Gasteiger partial charge in [0.05, 0.1) is 23.6 Å². The Morgan fingerprint density at radius 3 is 2.58 bits per heavy atom. The molecule has 0 aliphatic rings. The summed E-state index contributed by atoms with van der Waals surface area (Å²) in [6, 6.07) is 19.8. The van der Waals surface area contributed by atoms with Crippen LogP contribution in [0.2, 0.25) is 0 Å². The van der Waals surface area contributed by atoms with E-state index in [9.17, 15) is 14.3 Å². The van der Waals surface area contributed by atoms with Crippen LogP contribution < -0.4 is 5.32 Å². The number of carbonyl (C=O) groups is 1. The average molecular weight is 440 g/mol. The molecule has 1 heterocycles. The first kappa shape index (κ1) is 21.9. The Morgan fingerprint density at radius 1 is 1.06 bits per heavy atom. The van der Waals surface area contributed by atoms with Gasteiger partial charge in [-0.15, -0.1) is 0 Å². The fraction of sp³-hybridized carbons (Fsp3) is 0.115. The van der Waals surface area contributed by atoms with E-state index in [-0.39, 0.29) is 11.4 Å². The number of halogens is 1. The number of benzene rings is 3. The van der Waals surface area contributed by atoms with Crippen molar-refractivity contribution < 1.29 is 14.3 Å². The summed E-state index contributed by atoms with van der Waals surface area (Å²) in [6.45, 7) is 10.9. The lowest BCUT2D eigenvalue weighted by molar-refractivity contribution is 0.101.